The summed E-state index contributed by atoms with van der Waals surface area (Å²) in [5, 5.41) is 18.4. The number of nitrogens with one attached hydrogen (secondary N) is 1. The molecule has 0 aliphatic rings. The molecule has 0 bridgehead atoms. The van der Waals surface area contributed by atoms with Crippen LogP contribution in [-0.4, -0.2) is 21.8 Å². The Morgan fingerprint density at radius 2 is 1.93 bits per heavy atom. The highest BCUT2D eigenvalue weighted by atomic mass is 16.5. The molecule has 1 atom stereocenters. The van der Waals surface area contributed by atoms with Gasteiger partial charge in [0.05, 0.1) is 11.1 Å². The zero-order valence-electron chi connectivity index (χ0n) is 16.5. The summed E-state index contributed by atoms with van der Waals surface area (Å²) in [6.45, 7) is 5.52. The quantitative estimate of drug-likeness (QED) is 0.667. The Morgan fingerprint density at radius 1 is 1.21 bits per heavy atom. The number of aryl methyl sites for hydroxylation is 1. The van der Waals surface area contributed by atoms with E-state index in [1.165, 1.54) is 0 Å². The second-order valence-corrected chi connectivity index (χ2v) is 7.34. The lowest BCUT2D eigenvalue weighted by Crippen LogP contribution is -2.43. The first kappa shape index (κ1) is 20.3. The van der Waals surface area contributed by atoms with Crippen molar-refractivity contribution < 1.29 is 14.4 Å². The van der Waals surface area contributed by atoms with Gasteiger partial charge in [-0.25, -0.2) is 4.79 Å². The fourth-order valence-electron chi connectivity index (χ4n) is 3.03. The van der Waals surface area contributed by atoms with E-state index >= 15 is 0 Å². The number of fused-ring (bicyclic) bond motifs is 1. The van der Waals surface area contributed by atoms with Crippen molar-refractivity contribution in [1.29, 1.82) is 0 Å². The Hall–Kier alpha value is -3.43. The highest BCUT2D eigenvalue weighted by molar-refractivity contribution is 6.01. The zero-order chi connectivity index (χ0) is 21.0. The van der Waals surface area contributed by atoms with E-state index < -0.39 is 17.1 Å². The first-order valence-corrected chi connectivity index (χ1v) is 9.31. The van der Waals surface area contributed by atoms with Crippen molar-refractivity contribution in [3.8, 4) is 11.8 Å². The van der Waals surface area contributed by atoms with Gasteiger partial charge in [0.15, 0.2) is 0 Å². The third-order valence-corrected chi connectivity index (χ3v) is 4.42. The van der Waals surface area contributed by atoms with Crippen LogP contribution in [-0.2, 0) is 4.79 Å². The van der Waals surface area contributed by atoms with Crippen molar-refractivity contribution in [1.82, 2.24) is 5.16 Å². The highest BCUT2D eigenvalue weighted by Crippen LogP contribution is 2.22. The van der Waals surface area contributed by atoms with Crippen molar-refractivity contribution in [3.63, 3.8) is 0 Å². The molecule has 148 valence electrons. The summed E-state index contributed by atoms with van der Waals surface area (Å²) < 4.78 is 4.71. The SMILES string of the molecule is Cc1noc(=O)c2ccc(NC(=O)C(O)(C#Cc3ccccc3)CC(C)C)cc12. The molecule has 0 aliphatic heterocycles. The molecule has 1 aromatic heterocycles. The van der Waals surface area contributed by atoms with Gasteiger partial charge in [0.1, 0.15) is 0 Å². The Kier molecular flexibility index (Phi) is 5.81. The predicted octanol–water partition coefficient (Wildman–Crippen LogP) is 3.26. The molecule has 1 unspecified atom stereocenters. The van der Waals surface area contributed by atoms with Crippen molar-refractivity contribution in [2.45, 2.75) is 32.8 Å². The standard InChI is InChI=1S/C23H22N2O4/c1-15(2)14-23(28,12-11-17-7-5-4-6-8-17)22(27)24-18-9-10-19-20(13-18)16(3)25-29-21(19)26/h4-10,13,15,28H,14H2,1-3H3,(H,24,27). The zero-order valence-corrected chi connectivity index (χ0v) is 16.5. The van der Waals surface area contributed by atoms with Crippen molar-refractivity contribution in [2.24, 2.45) is 5.92 Å². The first-order chi connectivity index (χ1) is 13.8. The molecule has 0 spiro atoms. The molecule has 3 aromatic rings. The number of carbonyl (C=O) groups is 1. The van der Waals surface area contributed by atoms with E-state index in [0.29, 0.717) is 27.7 Å². The molecule has 0 fully saturated rings. The normalized spacial score (nSPS) is 12.9. The van der Waals surface area contributed by atoms with Gasteiger partial charge >= 0.3 is 5.63 Å². The largest absolute Gasteiger partial charge is 0.369 e. The Labute approximate surface area is 168 Å². The summed E-state index contributed by atoms with van der Waals surface area (Å²) in [6, 6.07) is 13.9. The highest BCUT2D eigenvalue weighted by Gasteiger charge is 2.35. The number of benzene rings is 2. The van der Waals surface area contributed by atoms with Gasteiger partial charge in [-0.15, -0.1) is 0 Å². The van der Waals surface area contributed by atoms with Gasteiger partial charge in [-0.1, -0.05) is 49.0 Å². The van der Waals surface area contributed by atoms with E-state index in [9.17, 15) is 14.7 Å². The maximum atomic E-state index is 12.9. The predicted molar refractivity (Wildman–Crippen MR) is 111 cm³/mol. The molecular formula is C23H22N2O4. The number of hydrogen-bond acceptors (Lipinski definition) is 5. The van der Waals surface area contributed by atoms with Crippen LogP contribution in [0, 0.1) is 24.7 Å². The number of nitrogens with zero attached hydrogens (tertiary/aromatic N) is 1. The molecule has 1 amide bonds. The van der Waals surface area contributed by atoms with Gasteiger partial charge in [0.2, 0.25) is 5.60 Å². The maximum Gasteiger partial charge on any atom is 0.366 e. The van der Waals surface area contributed by atoms with E-state index in [0.717, 1.165) is 0 Å². The van der Waals surface area contributed by atoms with E-state index in [2.05, 4.69) is 22.3 Å². The van der Waals surface area contributed by atoms with Crippen LogP contribution in [0.5, 0.6) is 0 Å². The smallest absolute Gasteiger partial charge is 0.366 e. The number of carbonyl (C=O) groups excluding carboxylic acids is 1. The molecular weight excluding hydrogens is 368 g/mol. The number of aliphatic hydroxyl groups is 1. The van der Waals surface area contributed by atoms with Crippen LogP contribution < -0.4 is 10.9 Å². The summed E-state index contributed by atoms with van der Waals surface area (Å²) >= 11 is 0. The average Bonchev–Trinajstić information content (AvgIpc) is 2.69. The second kappa shape index (κ2) is 8.29. The molecule has 0 saturated heterocycles. The van der Waals surface area contributed by atoms with Crippen LogP contribution in [0.25, 0.3) is 10.8 Å². The number of amides is 1. The molecule has 0 saturated carbocycles. The summed E-state index contributed by atoms with van der Waals surface area (Å²) in [5.41, 5.74) is -0.740. The molecule has 6 nitrogen and oxygen atoms in total. The maximum absolute atomic E-state index is 12.9. The molecule has 6 heteroatoms. The van der Waals surface area contributed by atoms with Crippen LogP contribution >= 0.6 is 0 Å². The molecule has 2 aromatic carbocycles. The van der Waals surface area contributed by atoms with E-state index in [-0.39, 0.29) is 12.3 Å². The molecule has 3 rings (SSSR count). The minimum atomic E-state index is -1.86. The second-order valence-electron chi connectivity index (χ2n) is 7.34. The van der Waals surface area contributed by atoms with Crippen LogP contribution in [0.1, 0.15) is 31.5 Å². The molecule has 0 aliphatic carbocycles. The van der Waals surface area contributed by atoms with Gasteiger partial charge in [0.25, 0.3) is 5.91 Å². The lowest BCUT2D eigenvalue weighted by atomic mass is 9.91. The Morgan fingerprint density at radius 3 is 2.62 bits per heavy atom. The monoisotopic (exact) mass is 390 g/mol. The molecule has 1 heterocycles. The minimum Gasteiger partial charge on any atom is -0.369 e. The number of anilines is 1. The topological polar surface area (TPSA) is 92.4 Å². The third-order valence-electron chi connectivity index (χ3n) is 4.42. The average molecular weight is 390 g/mol. The summed E-state index contributed by atoms with van der Waals surface area (Å²) in [5.74, 6) is 5.04. The van der Waals surface area contributed by atoms with Gasteiger partial charge in [-0.05, 0) is 49.6 Å². The van der Waals surface area contributed by atoms with Crippen molar-refractivity contribution >= 4 is 22.4 Å². The summed E-state index contributed by atoms with van der Waals surface area (Å²) in [4.78, 5) is 24.7. The third kappa shape index (κ3) is 4.71. The van der Waals surface area contributed by atoms with Gasteiger partial charge < -0.3 is 14.9 Å². The number of hydrogen-bond donors (Lipinski definition) is 2. The lowest BCUT2D eigenvalue weighted by molar-refractivity contribution is -0.130. The number of rotatable bonds is 4. The fourth-order valence-corrected chi connectivity index (χ4v) is 3.03. The summed E-state index contributed by atoms with van der Waals surface area (Å²) in [6.07, 6.45) is 0.177. The molecule has 0 radical (unpaired) electrons. The van der Waals surface area contributed by atoms with Crippen LogP contribution in [0.4, 0.5) is 5.69 Å². The number of aromatic nitrogens is 1. The lowest BCUT2D eigenvalue weighted by Gasteiger charge is -2.23. The van der Waals surface area contributed by atoms with Gasteiger partial charge in [-0.2, -0.15) is 0 Å². The Bertz CT molecular complexity index is 1160. The molecule has 2 N–H and O–H groups in total. The van der Waals surface area contributed by atoms with E-state index in [1.807, 2.05) is 44.2 Å². The van der Waals surface area contributed by atoms with Crippen molar-refractivity contribution in [3.05, 3.63) is 70.2 Å². The molecule has 29 heavy (non-hydrogen) atoms. The van der Waals surface area contributed by atoms with E-state index in [4.69, 9.17) is 4.52 Å². The summed E-state index contributed by atoms with van der Waals surface area (Å²) in [7, 11) is 0. The minimum absolute atomic E-state index is 0.0449. The van der Waals surface area contributed by atoms with Crippen LogP contribution in [0.2, 0.25) is 0 Å². The van der Waals surface area contributed by atoms with E-state index in [1.54, 1.807) is 25.1 Å². The van der Waals surface area contributed by atoms with Gasteiger partial charge in [-0.3, -0.25) is 4.79 Å². The first-order valence-electron chi connectivity index (χ1n) is 9.31. The van der Waals surface area contributed by atoms with Gasteiger partial charge in [0, 0.05) is 16.6 Å². The van der Waals surface area contributed by atoms with Crippen LogP contribution in [0.15, 0.2) is 57.8 Å². The fraction of sp³-hybridized carbons (Fsp3) is 0.261. The Balaban J connectivity index is 1.93. The van der Waals surface area contributed by atoms with Crippen molar-refractivity contribution in [2.75, 3.05) is 5.32 Å². The van der Waals surface area contributed by atoms with Crippen LogP contribution in [0.3, 0.4) is 0 Å².